The first-order valence-electron chi connectivity index (χ1n) is 7.74. The minimum atomic E-state index is -0.506. The summed E-state index contributed by atoms with van der Waals surface area (Å²) in [6.07, 6.45) is 0.601. The van der Waals surface area contributed by atoms with Gasteiger partial charge >= 0.3 is 0 Å². The molecule has 0 radical (unpaired) electrons. The second kappa shape index (κ2) is 6.92. The number of carbonyl (C=O) groups is 2. The van der Waals surface area contributed by atoms with Crippen molar-refractivity contribution in [3.63, 3.8) is 0 Å². The number of nitrogens with zero attached hydrogens (tertiary/aromatic N) is 1. The van der Waals surface area contributed by atoms with Crippen LogP contribution in [0.15, 0.2) is 24.3 Å². The highest BCUT2D eigenvalue weighted by atomic mass is 16.3. The van der Waals surface area contributed by atoms with E-state index in [2.05, 4.69) is 5.32 Å². The van der Waals surface area contributed by atoms with E-state index < -0.39 is 6.04 Å². The highest BCUT2D eigenvalue weighted by Crippen LogP contribution is 2.26. The Morgan fingerprint density at radius 3 is 2.59 bits per heavy atom. The molecule has 1 aromatic carbocycles. The van der Waals surface area contributed by atoms with Gasteiger partial charge in [0.1, 0.15) is 6.04 Å². The Balaban J connectivity index is 2.20. The average Bonchev–Trinajstić information content (AvgIpc) is 2.81. The van der Waals surface area contributed by atoms with Gasteiger partial charge in [0.2, 0.25) is 5.91 Å². The molecule has 0 spiro atoms. The fourth-order valence-electron chi connectivity index (χ4n) is 2.74. The van der Waals surface area contributed by atoms with Crippen LogP contribution in [0.2, 0.25) is 0 Å². The normalized spacial score (nSPS) is 16.6. The van der Waals surface area contributed by atoms with Gasteiger partial charge in [-0.2, -0.15) is 0 Å². The number of fused-ring (bicyclic) bond motifs is 1. The predicted molar refractivity (Wildman–Crippen MR) is 84.2 cm³/mol. The second-order valence-corrected chi connectivity index (χ2v) is 6.33. The van der Waals surface area contributed by atoms with Gasteiger partial charge in [-0.05, 0) is 30.9 Å². The number of benzene rings is 1. The number of amides is 2. The molecule has 1 aliphatic rings. The first kappa shape index (κ1) is 16.5. The van der Waals surface area contributed by atoms with Crippen molar-refractivity contribution in [3.05, 3.63) is 35.4 Å². The number of aliphatic hydroxyl groups excluding tert-OH is 1. The van der Waals surface area contributed by atoms with Crippen LogP contribution in [0.3, 0.4) is 0 Å². The van der Waals surface area contributed by atoms with E-state index in [-0.39, 0.29) is 30.4 Å². The monoisotopic (exact) mass is 304 g/mol. The van der Waals surface area contributed by atoms with Crippen LogP contribution < -0.4 is 5.32 Å². The summed E-state index contributed by atoms with van der Waals surface area (Å²) in [6, 6.07) is 6.65. The summed E-state index contributed by atoms with van der Waals surface area (Å²) in [5.74, 6) is 0.00107. The maximum absolute atomic E-state index is 12.6. The van der Waals surface area contributed by atoms with Gasteiger partial charge in [-0.25, -0.2) is 0 Å². The van der Waals surface area contributed by atoms with E-state index in [1.54, 1.807) is 17.9 Å². The van der Waals surface area contributed by atoms with Gasteiger partial charge in [-0.15, -0.1) is 0 Å². The van der Waals surface area contributed by atoms with E-state index in [1.165, 1.54) is 0 Å². The maximum Gasteiger partial charge on any atom is 0.255 e. The molecule has 5 nitrogen and oxygen atoms in total. The lowest BCUT2D eigenvalue weighted by atomic mass is 10.0. The first-order valence-corrected chi connectivity index (χ1v) is 7.74. The summed E-state index contributed by atoms with van der Waals surface area (Å²) in [6.45, 7) is 6.15. The van der Waals surface area contributed by atoms with Crippen molar-refractivity contribution < 1.29 is 14.7 Å². The lowest BCUT2D eigenvalue weighted by Crippen LogP contribution is -2.50. The number of nitrogens with one attached hydrogen (secondary N) is 1. The first-order chi connectivity index (χ1) is 10.4. The Hall–Kier alpha value is -1.88. The zero-order valence-electron chi connectivity index (χ0n) is 13.4. The number of hydrogen-bond donors (Lipinski definition) is 2. The summed E-state index contributed by atoms with van der Waals surface area (Å²) < 4.78 is 0. The molecule has 0 fully saturated rings. The molecule has 1 heterocycles. The van der Waals surface area contributed by atoms with Crippen LogP contribution in [0.25, 0.3) is 0 Å². The molecule has 0 saturated carbocycles. The molecule has 1 aromatic rings. The van der Waals surface area contributed by atoms with Gasteiger partial charge in [0.05, 0.1) is 6.61 Å². The molecule has 5 heteroatoms. The highest BCUT2D eigenvalue weighted by molar-refractivity contribution is 6.01. The van der Waals surface area contributed by atoms with Gasteiger partial charge < -0.3 is 15.3 Å². The van der Waals surface area contributed by atoms with E-state index >= 15 is 0 Å². The molecular formula is C17H24N2O3. The third kappa shape index (κ3) is 3.47. The Kier molecular flexibility index (Phi) is 5.19. The summed E-state index contributed by atoms with van der Waals surface area (Å²) in [7, 11) is 0. The van der Waals surface area contributed by atoms with Crippen molar-refractivity contribution >= 4 is 11.8 Å². The molecule has 0 bridgehead atoms. The molecular weight excluding hydrogens is 280 g/mol. The Bertz CT molecular complexity index is 557. The van der Waals surface area contributed by atoms with E-state index in [9.17, 15) is 9.59 Å². The summed E-state index contributed by atoms with van der Waals surface area (Å²) >= 11 is 0. The lowest BCUT2D eigenvalue weighted by Gasteiger charge is -2.29. The molecule has 0 saturated heterocycles. The van der Waals surface area contributed by atoms with Gasteiger partial charge in [-0.1, -0.05) is 32.0 Å². The van der Waals surface area contributed by atoms with Crippen molar-refractivity contribution in [3.8, 4) is 0 Å². The van der Waals surface area contributed by atoms with Crippen molar-refractivity contribution in [1.82, 2.24) is 10.2 Å². The van der Waals surface area contributed by atoms with Crippen molar-refractivity contribution in [2.75, 3.05) is 6.61 Å². The molecule has 120 valence electrons. The minimum Gasteiger partial charge on any atom is -0.394 e. The molecule has 0 aromatic heterocycles. The van der Waals surface area contributed by atoms with E-state index in [0.717, 1.165) is 5.56 Å². The third-order valence-corrected chi connectivity index (χ3v) is 3.89. The second-order valence-electron chi connectivity index (χ2n) is 6.33. The fraction of sp³-hybridized carbons (Fsp3) is 0.529. The summed E-state index contributed by atoms with van der Waals surface area (Å²) in [4.78, 5) is 26.7. The van der Waals surface area contributed by atoms with E-state index in [0.29, 0.717) is 18.5 Å². The molecule has 2 rings (SSSR count). The molecule has 2 amide bonds. The van der Waals surface area contributed by atoms with Crippen molar-refractivity contribution in [2.24, 2.45) is 5.92 Å². The van der Waals surface area contributed by atoms with E-state index in [4.69, 9.17) is 5.11 Å². The quantitative estimate of drug-likeness (QED) is 0.838. The Morgan fingerprint density at radius 2 is 2.00 bits per heavy atom. The van der Waals surface area contributed by atoms with Crippen LogP contribution in [-0.2, 0) is 11.3 Å². The van der Waals surface area contributed by atoms with Crippen molar-refractivity contribution in [1.29, 1.82) is 0 Å². The van der Waals surface area contributed by atoms with Gasteiger partial charge in [0.25, 0.3) is 5.91 Å². The molecule has 0 unspecified atom stereocenters. The topological polar surface area (TPSA) is 69.6 Å². The predicted octanol–water partition coefficient (Wildman–Crippen LogP) is 1.55. The Morgan fingerprint density at radius 1 is 1.32 bits per heavy atom. The molecule has 0 aliphatic carbocycles. The highest BCUT2D eigenvalue weighted by Gasteiger charge is 2.36. The van der Waals surface area contributed by atoms with Crippen LogP contribution in [0.4, 0.5) is 0 Å². The van der Waals surface area contributed by atoms with Crippen LogP contribution in [0.1, 0.15) is 43.1 Å². The van der Waals surface area contributed by atoms with Gasteiger partial charge in [-0.3, -0.25) is 9.59 Å². The van der Waals surface area contributed by atoms with Gasteiger partial charge in [0, 0.05) is 18.2 Å². The molecule has 1 aliphatic heterocycles. The summed E-state index contributed by atoms with van der Waals surface area (Å²) in [5.41, 5.74) is 1.64. The SMILES string of the molecule is CC(C)C[C@@H](C(=O)N[C@@H](C)CO)N1Cc2ccccc2C1=O. The third-order valence-electron chi connectivity index (χ3n) is 3.89. The smallest absolute Gasteiger partial charge is 0.255 e. The number of hydrogen-bond acceptors (Lipinski definition) is 3. The summed E-state index contributed by atoms with van der Waals surface area (Å²) in [5, 5.41) is 11.9. The number of aliphatic hydroxyl groups is 1. The van der Waals surface area contributed by atoms with E-state index in [1.807, 2.05) is 32.0 Å². The van der Waals surface area contributed by atoms with Crippen LogP contribution in [0.5, 0.6) is 0 Å². The van der Waals surface area contributed by atoms with Crippen molar-refractivity contribution in [2.45, 2.75) is 45.8 Å². The molecule has 22 heavy (non-hydrogen) atoms. The number of carbonyl (C=O) groups excluding carboxylic acids is 2. The zero-order valence-corrected chi connectivity index (χ0v) is 13.4. The standard InChI is InChI=1S/C17H24N2O3/c1-11(2)8-15(16(21)18-12(3)10-20)19-9-13-6-4-5-7-14(13)17(19)22/h4-7,11-12,15,20H,8-10H2,1-3H3,(H,18,21)/t12-,15-/m0/s1. The lowest BCUT2D eigenvalue weighted by molar-refractivity contribution is -0.127. The molecule has 2 atom stereocenters. The maximum atomic E-state index is 12.6. The van der Waals surface area contributed by atoms with Crippen LogP contribution >= 0.6 is 0 Å². The fourth-order valence-corrected chi connectivity index (χ4v) is 2.74. The minimum absolute atomic E-state index is 0.0898. The molecule has 2 N–H and O–H groups in total. The Labute approximate surface area is 131 Å². The van der Waals surface area contributed by atoms with Crippen LogP contribution in [0, 0.1) is 5.92 Å². The van der Waals surface area contributed by atoms with Gasteiger partial charge in [0.15, 0.2) is 0 Å². The number of rotatable bonds is 6. The average molecular weight is 304 g/mol. The largest absolute Gasteiger partial charge is 0.394 e. The van der Waals surface area contributed by atoms with Crippen LogP contribution in [-0.4, -0.2) is 40.5 Å². The zero-order chi connectivity index (χ0) is 16.3.